The van der Waals surface area contributed by atoms with Crippen molar-refractivity contribution in [3.8, 4) is 22.6 Å². The minimum atomic E-state index is -4.10. The minimum Gasteiger partial charge on any atom is -0.489 e. The van der Waals surface area contributed by atoms with Crippen LogP contribution in [0.1, 0.15) is 17.5 Å². The summed E-state index contributed by atoms with van der Waals surface area (Å²) in [6, 6.07) is 14.3. The van der Waals surface area contributed by atoms with Crippen LogP contribution in [0.5, 0.6) is 11.5 Å². The molecule has 5 rings (SSSR count). The predicted molar refractivity (Wildman–Crippen MR) is 130 cm³/mol. The second-order valence-electron chi connectivity index (χ2n) is 9.08. The third-order valence-electron chi connectivity index (χ3n) is 6.55. The Balaban J connectivity index is 1.53. The Morgan fingerprint density at radius 2 is 1.89 bits per heavy atom. The molecule has 9 heteroatoms. The first-order valence-corrected chi connectivity index (χ1v) is 13.3. The van der Waals surface area contributed by atoms with Gasteiger partial charge in [0.2, 0.25) is 10.0 Å². The van der Waals surface area contributed by atoms with Gasteiger partial charge in [0.1, 0.15) is 6.61 Å². The SMILES string of the molecule is Cc1ccccc1-c1cc2c(c(OCC3CCOC3)c1)OCCN(S(=O)(=O)c1ccc(F)c(F)c1)C2. The second kappa shape index (κ2) is 10.2. The molecule has 0 radical (unpaired) electrons. The molecule has 6 nitrogen and oxygen atoms in total. The highest BCUT2D eigenvalue weighted by Crippen LogP contribution is 2.40. The lowest BCUT2D eigenvalue weighted by atomic mass is 9.98. The Bertz CT molecular complexity index is 1370. The van der Waals surface area contributed by atoms with Crippen molar-refractivity contribution in [3.05, 3.63) is 77.4 Å². The molecule has 190 valence electrons. The van der Waals surface area contributed by atoms with E-state index in [1.54, 1.807) is 0 Å². The van der Waals surface area contributed by atoms with Crippen LogP contribution < -0.4 is 9.47 Å². The summed E-state index contributed by atoms with van der Waals surface area (Å²) < 4.78 is 72.9. The van der Waals surface area contributed by atoms with E-state index in [9.17, 15) is 17.2 Å². The second-order valence-corrected chi connectivity index (χ2v) is 11.0. The average Bonchev–Trinajstić information content (AvgIpc) is 3.28. The molecule has 1 saturated heterocycles. The molecule has 3 aromatic carbocycles. The first kappa shape index (κ1) is 24.7. The van der Waals surface area contributed by atoms with E-state index < -0.39 is 21.7 Å². The van der Waals surface area contributed by atoms with Gasteiger partial charge < -0.3 is 14.2 Å². The third-order valence-corrected chi connectivity index (χ3v) is 8.39. The summed E-state index contributed by atoms with van der Waals surface area (Å²) >= 11 is 0. The number of aryl methyl sites for hydroxylation is 1. The number of hydrogen-bond acceptors (Lipinski definition) is 5. The molecule has 36 heavy (non-hydrogen) atoms. The number of benzene rings is 3. The Morgan fingerprint density at radius 3 is 2.64 bits per heavy atom. The smallest absolute Gasteiger partial charge is 0.243 e. The zero-order chi connectivity index (χ0) is 25.3. The number of fused-ring (bicyclic) bond motifs is 1. The van der Waals surface area contributed by atoms with Crippen LogP contribution in [0.25, 0.3) is 11.1 Å². The molecule has 3 aromatic rings. The number of halogens is 2. The minimum absolute atomic E-state index is 0.000711. The van der Waals surface area contributed by atoms with Gasteiger partial charge in [-0.05, 0) is 60.4 Å². The quantitative estimate of drug-likeness (QED) is 0.466. The third kappa shape index (κ3) is 4.96. The largest absolute Gasteiger partial charge is 0.489 e. The van der Waals surface area contributed by atoms with E-state index in [2.05, 4.69) is 0 Å². The Morgan fingerprint density at radius 1 is 1.06 bits per heavy atom. The van der Waals surface area contributed by atoms with E-state index in [0.717, 1.165) is 35.2 Å². The molecule has 0 aliphatic carbocycles. The van der Waals surface area contributed by atoms with Crippen LogP contribution in [-0.4, -0.2) is 45.7 Å². The first-order chi connectivity index (χ1) is 17.3. The molecule has 0 amide bonds. The number of hydrogen-bond donors (Lipinski definition) is 0. The molecular formula is C27H27F2NO5S. The van der Waals surface area contributed by atoms with Crippen molar-refractivity contribution in [1.29, 1.82) is 0 Å². The van der Waals surface area contributed by atoms with Gasteiger partial charge in [-0.1, -0.05) is 24.3 Å². The molecule has 1 unspecified atom stereocenters. The van der Waals surface area contributed by atoms with Crippen molar-refractivity contribution in [2.75, 3.05) is 33.0 Å². The van der Waals surface area contributed by atoms with Crippen LogP contribution in [-0.2, 0) is 21.3 Å². The molecule has 2 aliphatic heterocycles. The lowest BCUT2D eigenvalue weighted by Gasteiger charge is -2.21. The van der Waals surface area contributed by atoms with Crippen LogP contribution >= 0.6 is 0 Å². The van der Waals surface area contributed by atoms with Gasteiger partial charge in [-0.25, -0.2) is 17.2 Å². The van der Waals surface area contributed by atoms with Gasteiger partial charge in [0, 0.05) is 31.2 Å². The van der Waals surface area contributed by atoms with Crippen LogP contribution in [0.4, 0.5) is 8.78 Å². The molecule has 0 saturated carbocycles. The normalized spacial score (nSPS) is 18.4. The maximum atomic E-state index is 13.8. The highest BCUT2D eigenvalue weighted by atomic mass is 32.2. The van der Waals surface area contributed by atoms with Crippen molar-refractivity contribution in [2.45, 2.75) is 24.8 Å². The van der Waals surface area contributed by atoms with Crippen molar-refractivity contribution in [3.63, 3.8) is 0 Å². The zero-order valence-corrected chi connectivity index (χ0v) is 20.7. The molecule has 0 bridgehead atoms. The Hall–Kier alpha value is -3.01. The van der Waals surface area contributed by atoms with Crippen LogP contribution in [0.3, 0.4) is 0 Å². The van der Waals surface area contributed by atoms with Crippen LogP contribution in [0, 0.1) is 24.5 Å². The number of rotatable bonds is 6. The topological polar surface area (TPSA) is 65.1 Å². The molecular weight excluding hydrogens is 488 g/mol. The predicted octanol–water partition coefficient (Wildman–Crippen LogP) is 4.94. The van der Waals surface area contributed by atoms with Crippen molar-refractivity contribution in [2.24, 2.45) is 5.92 Å². The van der Waals surface area contributed by atoms with Gasteiger partial charge in [-0.2, -0.15) is 4.31 Å². The van der Waals surface area contributed by atoms with E-state index in [0.29, 0.717) is 42.9 Å². The van der Waals surface area contributed by atoms with Crippen molar-refractivity contribution in [1.82, 2.24) is 4.31 Å². The van der Waals surface area contributed by atoms with E-state index in [1.165, 1.54) is 4.31 Å². The maximum absolute atomic E-state index is 13.8. The molecule has 2 heterocycles. The van der Waals surface area contributed by atoms with E-state index in [-0.39, 0.29) is 30.5 Å². The standard InChI is InChI=1S/C27H27F2NO5S/c1-18-4-2-3-5-23(18)20-12-21-15-30(36(31,32)22-6-7-24(28)25(29)14-22)9-11-34-27(21)26(13-20)35-17-19-8-10-33-16-19/h2-7,12-14,19H,8-11,15-17H2,1H3. The fourth-order valence-electron chi connectivity index (χ4n) is 4.53. The summed E-state index contributed by atoms with van der Waals surface area (Å²) in [6.45, 7) is 3.95. The van der Waals surface area contributed by atoms with Gasteiger partial charge in [0.15, 0.2) is 23.1 Å². The lowest BCUT2D eigenvalue weighted by molar-refractivity contribution is 0.165. The Kier molecular flexibility index (Phi) is 6.96. The van der Waals surface area contributed by atoms with Gasteiger partial charge in [-0.15, -0.1) is 0 Å². The fourth-order valence-corrected chi connectivity index (χ4v) is 5.95. The maximum Gasteiger partial charge on any atom is 0.243 e. The first-order valence-electron chi connectivity index (χ1n) is 11.8. The molecule has 0 spiro atoms. The molecule has 0 N–H and O–H groups in total. The van der Waals surface area contributed by atoms with E-state index in [1.807, 2.05) is 43.3 Å². The number of sulfonamides is 1. The summed E-state index contributed by atoms with van der Waals surface area (Å²) in [5.74, 6) is -0.996. The number of ether oxygens (including phenoxy) is 3. The molecule has 1 atom stereocenters. The highest BCUT2D eigenvalue weighted by molar-refractivity contribution is 7.89. The summed E-state index contributed by atoms with van der Waals surface area (Å²) in [5.41, 5.74) is 3.57. The van der Waals surface area contributed by atoms with Crippen molar-refractivity contribution >= 4 is 10.0 Å². The van der Waals surface area contributed by atoms with Crippen LogP contribution in [0.2, 0.25) is 0 Å². The highest BCUT2D eigenvalue weighted by Gasteiger charge is 2.30. The summed E-state index contributed by atoms with van der Waals surface area (Å²) in [4.78, 5) is -0.308. The van der Waals surface area contributed by atoms with E-state index >= 15 is 0 Å². The van der Waals surface area contributed by atoms with Crippen LogP contribution in [0.15, 0.2) is 59.5 Å². The number of nitrogens with zero attached hydrogens (tertiary/aromatic N) is 1. The van der Waals surface area contributed by atoms with Gasteiger partial charge in [0.05, 0.1) is 18.1 Å². The molecule has 1 fully saturated rings. The zero-order valence-electron chi connectivity index (χ0n) is 19.9. The monoisotopic (exact) mass is 515 g/mol. The summed E-state index contributed by atoms with van der Waals surface area (Å²) in [6.07, 6.45) is 0.917. The van der Waals surface area contributed by atoms with E-state index in [4.69, 9.17) is 14.2 Å². The fraction of sp³-hybridized carbons (Fsp3) is 0.333. The average molecular weight is 516 g/mol. The van der Waals surface area contributed by atoms with Gasteiger partial charge in [-0.3, -0.25) is 0 Å². The lowest BCUT2D eigenvalue weighted by Crippen LogP contribution is -2.32. The molecule has 0 aromatic heterocycles. The summed E-state index contributed by atoms with van der Waals surface area (Å²) in [5, 5.41) is 0. The van der Waals surface area contributed by atoms with Gasteiger partial charge in [0.25, 0.3) is 0 Å². The van der Waals surface area contributed by atoms with Crippen molar-refractivity contribution < 1.29 is 31.4 Å². The van der Waals surface area contributed by atoms with Gasteiger partial charge >= 0.3 is 0 Å². The Labute approximate surface area is 209 Å². The molecule has 2 aliphatic rings. The summed E-state index contributed by atoms with van der Waals surface area (Å²) in [7, 11) is -4.10.